The van der Waals surface area contributed by atoms with E-state index in [1.165, 1.54) is 0 Å². The highest BCUT2D eigenvalue weighted by Crippen LogP contribution is 2.42. The predicted octanol–water partition coefficient (Wildman–Crippen LogP) is 5.32. The van der Waals surface area contributed by atoms with Gasteiger partial charge in [0.05, 0.1) is 23.3 Å². The van der Waals surface area contributed by atoms with Crippen LogP contribution in [0.15, 0.2) is 53.8 Å². The molecule has 0 radical (unpaired) electrons. The van der Waals surface area contributed by atoms with Crippen LogP contribution in [0.25, 0.3) is 0 Å². The van der Waals surface area contributed by atoms with Gasteiger partial charge in [-0.15, -0.1) is 4.91 Å². The minimum absolute atomic E-state index is 0.0746. The second-order valence-electron chi connectivity index (χ2n) is 12.2. The average Bonchev–Trinajstić information content (AvgIpc) is 2.94. The molecule has 0 atom stereocenters. The van der Waals surface area contributed by atoms with Crippen LogP contribution in [0.3, 0.4) is 0 Å². The molecule has 2 aliphatic heterocycles. The topological polar surface area (TPSA) is 99.1 Å². The zero-order chi connectivity index (χ0) is 29.5. The standard InChI is InChI=1S/C31H35FN6O3/c1-20-6-8-22(17-23(20)32)37-13-12-30(2,3)28-25(37)10-9-24(34-28)29(40)38-15-14-36(19-31(38,4)5)26-11-7-21(18-33-26)16-27(39)35-41/h6-11,17-18H,12-16,19H2,1-5H3. The van der Waals surface area contributed by atoms with Crippen molar-refractivity contribution in [3.8, 4) is 0 Å². The van der Waals surface area contributed by atoms with Crippen LogP contribution in [0.2, 0.25) is 0 Å². The molecule has 3 aromatic rings. The van der Waals surface area contributed by atoms with Gasteiger partial charge in [-0.25, -0.2) is 14.4 Å². The van der Waals surface area contributed by atoms with Crippen molar-refractivity contribution < 1.29 is 14.0 Å². The Morgan fingerprint density at radius 1 is 1.02 bits per heavy atom. The molecular weight excluding hydrogens is 523 g/mol. The number of nitroso groups, excluding NO2 is 1. The summed E-state index contributed by atoms with van der Waals surface area (Å²) in [6.07, 6.45) is 2.32. The van der Waals surface area contributed by atoms with Gasteiger partial charge in [-0.3, -0.25) is 9.59 Å². The zero-order valence-electron chi connectivity index (χ0n) is 24.1. The van der Waals surface area contributed by atoms with Gasteiger partial charge in [-0.05, 0) is 68.7 Å². The number of hydrogen-bond acceptors (Lipinski definition) is 7. The summed E-state index contributed by atoms with van der Waals surface area (Å²) in [4.78, 5) is 51.0. The monoisotopic (exact) mass is 558 g/mol. The SMILES string of the molecule is Cc1ccc(N2CCC(C)(C)c3nc(C(=O)N4CCN(c5ccc(CC(=O)N=O)cn5)CC4(C)C)ccc32)cc1F. The molecule has 10 heteroatoms. The lowest BCUT2D eigenvalue weighted by atomic mass is 9.80. The third kappa shape index (κ3) is 5.55. The Balaban J connectivity index is 1.36. The van der Waals surface area contributed by atoms with Gasteiger partial charge in [0.25, 0.3) is 11.8 Å². The summed E-state index contributed by atoms with van der Waals surface area (Å²) in [5.74, 6) is -0.369. The molecule has 2 amide bonds. The van der Waals surface area contributed by atoms with E-state index in [1.807, 2.05) is 36.9 Å². The fourth-order valence-electron chi connectivity index (χ4n) is 5.72. The molecule has 4 heterocycles. The number of amides is 2. The molecule has 41 heavy (non-hydrogen) atoms. The number of nitrogens with zero attached hydrogens (tertiary/aromatic N) is 6. The third-order valence-electron chi connectivity index (χ3n) is 8.19. The number of carbonyl (C=O) groups is 2. The van der Waals surface area contributed by atoms with Crippen LogP contribution in [-0.4, -0.2) is 58.4 Å². The van der Waals surface area contributed by atoms with E-state index in [4.69, 9.17) is 4.98 Å². The average molecular weight is 559 g/mol. The number of piperazine rings is 1. The number of pyridine rings is 2. The molecule has 0 N–H and O–H groups in total. The van der Waals surface area contributed by atoms with Crippen LogP contribution in [0.5, 0.6) is 0 Å². The Morgan fingerprint density at radius 2 is 1.80 bits per heavy atom. The minimum atomic E-state index is -0.733. The number of hydrogen-bond donors (Lipinski definition) is 0. The van der Waals surface area contributed by atoms with Crippen molar-refractivity contribution in [1.82, 2.24) is 14.9 Å². The molecule has 214 valence electrons. The lowest BCUT2D eigenvalue weighted by molar-refractivity contribution is -0.117. The molecule has 2 aromatic heterocycles. The highest BCUT2D eigenvalue weighted by atomic mass is 19.1. The molecule has 1 fully saturated rings. The molecule has 0 spiro atoms. The second-order valence-corrected chi connectivity index (χ2v) is 12.2. The van der Waals surface area contributed by atoms with E-state index in [0.29, 0.717) is 36.5 Å². The Bertz CT molecular complexity index is 1500. The summed E-state index contributed by atoms with van der Waals surface area (Å²) in [5.41, 5.74) is 3.37. The second kappa shape index (κ2) is 10.6. The highest BCUT2D eigenvalue weighted by Gasteiger charge is 2.40. The van der Waals surface area contributed by atoms with E-state index in [2.05, 4.69) is 33.8 Å². The summed E-state index contributed by atoms with van der Waals surface area (Å²) in [5, 5.41) is 2.43. The van der Waals surface area contributed by atoms with Crippen LogP contribution < -0.4 is 9.80 Å². The summed E-state index contributed by atoms with van der Waals surface area (Å²) in [6.45, 7) is 12.4. The van der Waals surface area contributed by atoms with Gasteiger partial charge in [0.2, 0.25) is 0 Å². The highest BCUT2D eigenvalue weighted by molar-refractivity contribution is 5.93. The van der Waals surface area contributed by atoms with E-state index >= 15 is 0 Å². The lowest BCUT2D eigenvalue weighted by Gasteiger charge is -2.47. The fourth-order valence-corrected chi connectivity index (χ4v) is 5.72. The first kappa shape index (κ1) is 28.3. The number of anilines is 3. The molecule has 0 saturated carbocycles. The molecule has 9 nitrogen and oxygen atoms in total. The number of rotatable bonds is 5. The maximum Gasteiger partial charge on any atom is 0.290 e. The third-order valence-corrected chi connectivity index (χ3v) is 8.19. The Morgan fingerprint density at radius 3 is 2.46 bits per heavy atom. The number of aromatic nitrogens is 2. The van der Waals surface area contributed by atoms with Crippen molar-refractivity contribution in [2.45, 2.75) is 58.4 Å². The van der Waals surface area contributed by atoms with Gasteiger partial charge in [-0.2, -0.15) is 0 Å². The quantitative estimate of drug-likeness (QED) is 0.391. The first-order chi connectivity index (χ1) is 19.4. The summed E-state index contributed by atoms with van der Waals surface area (Å²) in [7, 11) is 0. The van der Waals surface area contributed by atoms with E-state index in [9.17, 15) is 18.9 Å². The molecule has 0 bridgehead atoms. The Labute approximate surface area is 239 Å². The molecule has 1 aromatic carbocycles. The maximum absolute atomic E-state index is 14.4. The van der Waals surface area contributed by atoms with Crippen molar-refractivity contribution in [1.29, 1.82) is 0 Å². The van der Waals surface area contributed by atoms with Gasteiger partial charge in [0.1, 0.15) is 17.3 Å². The lowest BCUT2D eigenvalue weighted by Crippen LogP contribution is -2.61. The maximum atomic E-state index is 14.4. The zero-order valence-corrected chi connectivity index (χ0v) is 24.1. The Hall–Kier alpha value is -4.21. The number of halogens is 1. The first-order valence-electron chi connectivity index (χ1n) is 13.8. The number of carbonyl (C=O) groups excluding carboxylic acids is 2. The van der Waals surface area contributed by atoms with Gasteiger partial charge < -0.3 is 14.7 Å². The van der Waals surface area contributed by atoms with Crippen LogP contribution in [-0.2, 0) is 16.6 Å². The van der Waals surface area contributed by atoms with E-state index in [-0.39, 0.29) is 23.6 Å². The van der Waals surface area contributed by atoms with E-state index in [1.54, 1.807) is 37.4 Å². The van der Waals surface area contributed by atoms with Gasteiger partial charge in [0, 0.05) is 48.7 Å². The molecule has 2 aliphatic rings. The number of fused-ring (bicyclic) bond motifs is 1. The predicted molar refractivity (Wildman–Crippen MR) is 156 cm³/mol. The van der Waals surface area contributed by atoms with Gasteiger partial charge in [-0.1, -0.05) is 26.0 Å². The first-order valence-corrected chi connectivity index (χ1v) is 13.8. The number of benzene rings is 1. The van der Waals surface area contributed by atoms with Crippen LogP contribution in [0.4, 0.5) is 21.6 Å². The number of aryl methyl sites for hydroxylation is 1. The van der Waals surface area contributed by atoms with Gasteiger partial charge in [0.15, 0.2) is 0 Å². The summed E-state index contributed by atoms with van der Waals surface area (Å²) >= 11 is 0. The Kier molecular flexibility index (Phi) is 7.35. The van der Waals surface area contributed by atoms with Crippen molar-refractivity contribution in [2.24, 2.45) is 5.18 Å². The van der Waals surface area contributed by atoms with Crippen molar-refractivity contribution in [2.75, 3.05) is 36.0 Å². The van der Waals surface area contributed by atoms with Gasteiger partial charge >= 0.3 is 0 Å². The van der Waals surface area contributed by atoms with Crippen LogP contribution in [0, 0.1) is 17.6 Å². The summed E-state index contributed by atoms with van der Waals surface area (Å²) < 4.78 is 14.4. The van der Waals surface area contributed by atoms with E-state index < -0.39 is 11.4 Å². The van der Waals surface area contributed by atoms with E-state index in [0.717, 1.165) is 35.9 Å². The van der Waals surface area contributed by atoms with Crippen LogP contribution in [0.1, 0.15) is 61.4 Å². The molecule has 1 saturated heterocycles. The van der Waals surface area contributed by atoms with Crippen molar-refractivity contribution >= 4 is 29.0 Å². The molecule has 5 rings (SSSR count). The molecule has 0 unspecified atom stereocenters. The minimum Gasteiger partial charge on any atom is -0.353 e. The summed E-state index contributed by atoms with van der Waals surface area (Å²) in [6, 6.07) is 12.6. The smallest absolute Gasteiger partial charge is 0.290 e. The molecular formula is C31H35FN6O3. The van der Waals surface area contributed by atoms with Crippen molar-refractivity contribution in [3.63, 3.8) is 0 Å². The fraction of sp³-hybridized carbons (Fsp3) is 0.419. The largest absolute Gasteiger partial charge is 0.353 e. The van der Waals surface area contributed by atoms with Crippen LogP contribution >= 0.6 is 0 Å². The molecule has 0 aliphatic carbocycles. The normalized spacial score (nSPS) is 17.7. The van der Waals surface area contributed by atoms with Crippen molar-refractivity contribution in [3.05, 3.63) is 81.9 Å².